The Morgan fingerprint density at radius 3 is 2.58 bits per heavy atom. The third-order valence-corrected chi connectivity index (χ3v) is 3.21. The van der Waals surface area contributed by atoms with Gasteiger partial charge in [0, 0.05) is 29.3 Å². The molecule has 0 aliphatic heterocycles. The number of hydrogen-bond acceptors (Lipinski definition) is 6. The van der Waals surface area contributed by atoms with E-state index in [1.807, 2.05) is 20.8 Å². The van der Waals surface area contributed by atoms with Crippen LogP contribution in [0.4, 0.5) is 11.5 Å². The zero-order valence-corrected chi connectivity index (χ0v) is 13.9. The average molecular weight is 330 g/mol. The van der Waals surface area contributed by atoms with Gasteiger partial charge in [0.05, 0.1) is 12.0 Å². The Labute approximate surface area is 139 Å². The third kappa shape index (κ3) is 3.83. The Morgan fingerprint density at radius 1 is 1.29 bits per heavy atom. The van der Waals surface area contributed by atoms with Crippen LogP contribution in [0.5, 0.6) is 5.75 Å². The summed E-state index contributed by atoms with van der Waals surface area (Å²) in [5.41, 5.74) is -0.225. The number of rotatable bonds is 4. The van der Waals surface area contributed by atoms with Crippen LogP contribution in [0.2, 0.25) is 0 Å². The number of amides is 1. The zero-order chi connectivity index (χ0) is 17.9. The summed E-state index contributed by atoms with van der Waals surface area (Å²) in [6, 6.07) is 5.49. The third-order valence-electron chi connectivity index (χ3n) is 3.21. The molecule has 0 atom stereocenters. The van der Waals surface area contributed by atoms with E-state index < -0.39 is 10.8 Å². The van der Waals surface area contributed by atoms with Gasteiger partial charge in [0.2, 0.25) is 0 Å². The molecule has 1 N–H and O–H groups in total. The van der Waals surface area contributed by atoms with Gasteiger partial charge in [0.25, 0.3) is 5.91 Å². The van der Waals surface area contributed by atoms with Gasteiger partial charge in [0.1, 0.15) is 11.6 Å². The van der Waals surface area contributed by atoms with E-state index >= 15 is 0 Å². The topological polar surface area (TPSA) is 107 Å². The van der Waals surface area contributed by atoms with Crippen molar-refractivity contribution in [3.05, 3.63) is 52.0 Å². The molecule has 0 saturated carbocycles. The number of nitro benzene ring substituents is 1. The van der Waals surface area contributed by atoms with E-state index in [0.29, 0.717) is 11.6 Å². The van der Waals surface area contributed by atoms with Crippen LogP contribution in [-0.2, 0) is 5.41 Å². The smallest absolute Gasteiger partial charge is 0.310 e. The van der Waals surface area contributed by atoms with Crippen molar-refractivity contribution in [2.45, 2.75) is 26.2 Å². The van der Waals surface area contributed by atoms with E-state index in [2.05, 4.69) is 15.3 Å². The van der Waals surface area contributed by atoms with Crippen LogP contribution in [-0.4, -0.2) is 27.9 Å². The number of nitro groups is 1. The predicted octanol–water partition coefficient (Wildman–Crippen LogP) is 2.94. The molecule has 0 radical (unpaired) electrons. The number of hydrogen-bond donors (Lipinski definition) is 1. The first-order valence-electron chi connectivity index (χ1n) is 7.19. The first-order valence-corrected chi connectivity index (χ1v) is 7.19. The number of nitrogens with one attached hydrogen (secondary N) is 1. The lowest BCUT2D eigenvalue weighted by Gasteiger charge is -2.16. The fourth-order valence-corrected chi connectivity index (χ4v) is 1.95. The number of carbonyl (C=O) groups excluding carboxylic acids is 1. The second kappa shape index (κ2) is 6.61. The van der Waals surface area contributed by atoms with E-state index in [9.17, 15) is 14.9 Å². The molecule has 1 aromatic carbocycles. The lowest BCUT2D eigenvalue weighted by molar-refractivity contribution is -0.385. The highest BCUT2D eigenvalue weighted by Crippen LogP contribution is 2.28. The second-order valence-corrected chi connectivity index (χ2v) is 6.11. The van der Waals surface area contributed by atoms with Crippen molar-refractivity contribution in [2.75, 3.05) is 12.4 Å². The number of nitrogens with zero attached hydrogens (tertiary/aromatic N) is 3. The van der Waals surface area contributed by atoms with Gasteiger partial charge in [-0.2, -0.15) is 0 Å². The molecule has 0 unspecified atom stereocenters. The summed E-state index contributed by atoms with van der Waals surface area (Å²) >= 11 is 0. The summed E-state index contributed by atoms with van der Waals surface area (Å²) in [4.78, 5) is 31.2. The van der Waals surface area contributed by atoms with Gasteiger partial charge in [-0.25, -0.2) is 9.97 Å². The molecule has 126 valence electrons. The minimum Gasteiger partial charge on any atom is -0.490 e. The van der Waals surface area contributed by atoms with E-state index in [-0.39, 0.29) is 22.4 Å². The highest BCUT2D eigenvalue weighted by molar-refractivity contribution is 6.04. The molecule has 0 fully saturated rings. The van der Waals surface area contributed by atoms with Gasteiger partial charge in [-0.15, -0.1) is 0 Å². The molecule has 24 heavy (non-hydrogen) atoms. The Hall–Kier alpha value is -3.03. The molecule has 0 spiro atoms. The van der Waals surface area contributed by atoms with Gasteiger partial charge in [-0.1, -0.05) is 20.8 Å². The molecule has 8 heteroatoms. The molecule has 1 heterocycles. The number of methoxy groups -OCH3 is 1. The lowest BCUT2D eigenvalue weighted by atomic mass is 9.96. The maximum absolute atomic E-state index is 12.3. The van der Waals surface area contributed by atoms with Gasteiger partial charge >= 0.3 is 5.69 Å². The maximum Gasteiger partial charge on any atom is 0.310 e. The predicted molar refractivity (Wildman–Crippen MR) is 88.3 cm³/mol. The average Bonchev–Trinajstić information content (AvgIpc) is 2.53. The molecular formula is C16H18N4O4. The molecule has 8 nitrogen and oxygen atoms in total. The summed E-state index contributed by atoms with van der Waals surface area (Å²) in [7, 11) is 1.31. The van der Waals surface area contributed by atoms with E-state index in [1.165, 1.54) is 25.3 Å². The zero-order valence-electron chi connectivity index (χ0n) is 13.9. The summed E-state index contributed by atoms with van der Waals surface area (Å²) < 4.78 is 4.96. The molecule has 0 saturated heterocycles. The van der Waals surface area contributed by atoms with E-state index in [1.54, 1.807) is 12.3 Å². The number of benzene rings is 1. The number of carbonyl (C=O) groups is 1. The van der Waals surface area contributed by atoms with Gasteiger partial charge in [0.15, 0.2) is 5.75 Å². The summed E-state index contributed by atoms with van der Waals surface area (Å²) in [6.07, 6.45) is 1.57. The fourth-order valence-electron chi connectivity index (χ4n) is 1.95. The van der Waals surface area contributed by atoms with Crippen molar-refractivity contribution in [1.82, 2.24) is 9.97 Å². The minimum absolute atomic E-state index is 0.0192. The minimum atomic E-state index is -0.569. The van der Waals surface area contributed by atoms with Crippen LogP contribution in [0.25, 0.3) is 0 Å². The monoisotopic (exact) mass is 330 g/mol. The van der Waals surface area contributed by atoms with Crippen LogP contribution in [0.1, 0.15) is 37.0 Å². The van der Waals surface area contributed by atoms with Gasteiger partial charge < -0.3 is 10.1 Å². The van der Waals surface area contributed by atoms with Crippen molar-refractivity contribution < 1.29 is 14.5 Å². The normalized spacial score (nSPS) is 11.0. The van der Waals surface area contributed by atoms with Crippen LogP contribution in [0.15, 0.2) is 30.5 Å². The Kier molecular flexibility index (Phi) is 4.77. The van der Waals surface area contributed by atoms with Crippen LogP contribution < -0.4 is 10.1 Å². The maximum atomic E-state index is 12.3. The first kappa shape index (κ1) is 17.3. The standard InChI is InChI=1S/C16H18N4O4/c1-16(2,3)15-17-8-7-13(19-15)18-14(21)10-5-6-11(20(22)23)12(9-10)24-4/h5-9H,1-4H3,(H,17,18,19,21). The summed E-state index contributed by atoms with van der Waals surface area (Å²) in [6.45, 7) is 5.90. The van der Waals surface area contributed by atoms with Crippen LogP contribution in [0.3, 0.4) is 0 Å². The first-order chi connectivity index (χ1) is 11.2. The van der Waals surface area contributed by atoms with Gasteiger partial charge in [-0.05, 0) is 12.1 Å². The Bertz CT molecular complexity index is 784. The molecule has 1 amide bonds. The highest BCUT2D eigenvalue weighted by Gasteiger charge is 2.20. The number of anilines is 1. The van der Waals surface area contributed by atoms with Crippen molar-refractivity contribution in [3.8, 4) is 5.75 Å². The molecule has 2 aromatic rings. The van der Waals surface area contributed by atoms with Gasteiger partial charge in [-0.3, -0.25) is 14.9 Å². The second-order valence-electron chi connectivity index (χ2n) is 6.11. The number of aromatic nitrogens is 2. The fraction of sp³-hybridized carbons (Fsp3) is 0.312. The van der Waals surface area contributed by atoms with Crippen molar-refractivity contribution >= 4 is 17.4 Å². The quantitative estimate of drug-likeness (QED) is 0.682. The van der Waals surface area contributed by atoms with Crippen molar-refractivity contribution in [1.29, 1.82) is 0 Å². The Morgan fingerprint density at radius 2 is 2.00 bits per heavy atom. The van der Waals surface area contributed by atoms with E-state index in [0.717, 1.165) is 0 Å². The molecule has 0 aliphatic rings. The lowest BCUT2D eigenvalue weighted by Crippen LogP contribution is -2.19. The molecular weight excluding hydrogens is 312 g/mol. The molecule has 0 aliphatic carbocycles. The van der Waals surface area contributed by atoms with Crippen molar-refractivity contribution in [3.63, 3.8) is 0 Å². The molecule has 0 bridgehead atoms. The molecule has 1 aromatic heterocycles. The SMILES string of the molecule is COc1cc(C(=O)Nc2ccnc(C(C)(C)C)n2)ccc1[N+](=O)[O-]. The summed E-state index contributed by atoms with van der Waals surface area (Å²) in [5.74, 6) is 0.534. The van der Waals surface area contributed by atoms with Crippen LogP contribution in [0, 0.1) is 10.1 Å². The highest BCUT2D eigenvalue weighted by atomic mass is 16.6. The number of ether oxygens (including phenoxy) is 1. The summed E-state index contributed by atoms with van der Waals surface area (Å²) in [5, 5.41) is 13.5. The van der Waals surface area contributed by atoms with E-state index in [4.69, 9.17) is 4.74 Å². The Balaban J connectivity index is 2.26. The molecule has 2 rings (SSSR count). The van der Waals surface area contributed by atoms with Crippen LogP contribution >= 0.6 is 0 Å². The van der Waals surface area contributed by atoms with Crippen molar-refractivity contribution in [2.24, 2.45) is 0 Å². The largest absolute Gasteiger partial charge is 0.490 e.